The van der Waals surface area contributed by atoms with E-state index in [1.165, 1.54) is 32.1 Å². The van der Waals surface area contributed by atoms with Gasteiger partial charge in [0.05, 0.1) is 0 Å². The monoisotopic (exact) mass is 191 g/mol. The quantitative estimate of drug-likeness (QED) is 0.797. The lowest BCUT2D eigenvalue weighted by atomic mass is 9.89. The van der Waals surface area contributed by atoms with Gasteiger partial charge in [-0.1, -0.05) is 19.3 Å². The van der Waals surface area contributed by atoms with Crippen molar-refractivity contribution in [3.8, 4) is 0 Å². The van der Waals surface area contributed by atoms with Crippen LogP contribution in [0.2, 0.25) is 0 Å². The molecule has 0 radical (unpaired) electrons. The van der Waals surface area contributed by atoms with Crippen LogP contribution in [0.15, 0.2) is 18.6 Å². The average molecular weight is 191 g/mol. The molecule has 1 aromatic rings. The predicted molar refractivity (Wildman–Crippen MR) is 57.1 cm³/mol. The third-order valence-electron chi connectivity index (χ3n) is 2.88. The third-order valence-corrected chi connectivity index (χ3v) is 2.88. The Morgan fingerprint density at radius 2 is 2.14 bits per heavy atom. The average Bonchev–Trinajstić information content (AvgIpc) is 2.29. The van der Waals surface area contributed by atoms with Crippen LogP contribution in [0, 0.1) is 5.92 Å². The van der Waals surface area contributed by atoms with E-state index < -0.39 is 0 Å². The highest BCUT2D eigenvalue weighted by molar-refractivity contribution is 5.31. The van der Waals surface area contributed by atoms with Gasteiger partial charge in [-0.05, 0) is 24.8 Å². The minimum Gasteiger partial charge on any atom is -0.370 e. The Labute approximate surface area is 85.0 Å². The summed E-state index contributed by atoms with van der Waals surface area (Å²) in [6, 6.07) is 1.92. The maximum absolute atomic E-state index is 4.14. The van der Waals surface area contributed by atoms with E-state index in [0.29, 0.717) is 0 Å². The molecule has 0 atom stereocenters. The van der Waals surface area contributed by atoms with Crippen molar-refractivity contribution in [2.45, 2.75) is 32.1 Å². The van der Waals surface area contributed by atoms with Gasteiger partial charge in [0.1, 0.15) is 12.1 Å². The van der Waals surface area contributed by atoms with Gasteiger partial charge in [-0.25, -0.2) is 9.97 Å². The lowest BCUT2D eigenvalue weighted by Crippen LogP contribution is -2.17. The van der Waals surface area contributed by atoms with Crippen molar-refractivity contribution in [2.75, 3.05) is 11.9 Å². The second-order valence-corrected chi connectivity index (χ2v) is 3.98. The van der Waals surface area contributed by atoms with Crippen LogP contribution in [-0.2, 0) is 0 Å². The smallest absolute Gasteiger partial charge is 0.129 e. The number of hydrogen-bond acceptors (Lipinski definition) is 3. The topological polar surface area (TPSA) is 37.8 Å². The standard InChI is InChI=1S/C11H17N3/c1-2-4-10(5-3-1)8-13-11-6-7-12-9-14-11/h6-7,9-10H,1-5,8H2,(H,12,13,14). The summed E-state index contributed by atoms with van der Waals surface area (Å²) in [5.41, 5.74) is 0. The zero-order chi connectivity index (χ0) is 9.64. The van der Waals surface area contributed by atoms with Crippen LogP contribution in [-0.4, -0.2) is 16.5 Å². The Morgan fingerprint density at radius 1 is 1.29 bits per heavy atom. The molecule has 1 fully saturated rings. The van der Waals surface area contributed by atoms with Gasteiger partial charge >= 0.3 is 0 Å². The van der Waals surface area contributed by atoms with Gasteiger partial charge in [0.2, 0.25) is 0 Å². The lowest BCUT2D eigenvalue weighted by molar-refractivity contribution is 0.373. The number of nitrogens with one attached hydrogen (secondary N) is 1. The summed E-state index contributed by atoms with van der Waals surface area (Å²) in [6.07, 6.45) is 10.3. The molecule has 1 saturated carbocycles. The van der Waals surface area contributed by atoms with Gasteiger partial charge in [0.15, 0.2) is 0 Å². The molecule has 1 heterocycles. The first-order valence-corrected chi connectivity index (χ1v) is 5.45. The largest absolute Gasteiger partial charge is 0.370 e. The highest BCUT2D eigenvalue weighted by Gasteiger charge is 2.12. The fraction of sp³-hybridized carbons (Fsp3) is 0.636. The third kappa shape index (κ3) is 2.69. The molecule has 0 bridgehead atoms. The Balaban J connectivity index is 1.76. The molecule has 0 unspecified atom stereocenters. The van der Waals surface area contributed by atoms with E-state index in [4.69, 9.17) is 0 Å². The van der Waals surface area contributed by atoms with Crippen molar-refractivity contribution >= 4 is 5.82 Å². The van der Waals surface area contributed by atoms with Gasteiger partial charge in [0.25, 0.3) is 0 Å². The van der Waals surface area contributed by atoms with Crippen molar-refractivity contribution in [1.29, 1.82) is 0 Å². The molecule has 0 saturated heterocycles. The first-order chi connectivity index (χ1) is 6.95. The molecule has 0 spiro atoms. The number of hydrogen-bond donors (Lipinski definition) is 1. The van der Waals surface area contributed by atoms with Crippen LogP contribution in [0.1, 0.15) is 32.1 Å². The van der Waals surface area contributed by atoms with Gasteiger partial charge < -0.3 is 5.32 Å². The molecular formula is C11H17N3. The summed E-state index contributed by atoms with van der Waals surface area (Å²) in [6.45, 7) is 1.07. The molecule has 2 rings (SSSR count). The summed E-state index contributed by atoms with van der Waals surface area (Å²) >= 11 is 0. The molecule has 1 aliphatic rings. The molecule has 14 heavy (non-hydrogen) atoms. The highest BCUT2D eigenvalue weighted by Crippen LogP contribution is 2.23. The molecular weight excluding hydrogens is 174 g/mol. The van der Waals surface area contributed by atoms with Gasteiger partial charge in [-0.3, -0.25) is 0 Å². The van der Waals surface area contributed by atoms with E-state index in [2.05, 4.69) is 15.3 Å². The number of anilines is 1. The van der Waals surface area contributed by atoms with Crippen molar-refractivity contribution in [2.24, 2.45) is 5.92 Å². The van der Waals surface area contributed by atoms with Crippen LogP contribution in [0.4, 0.5) is 5.82 Å². The highest BCUT2D eigenvalue weighted by atomic mass is 15.0. The number of rotatable bonds is 3. The van der Waals surface area contributed by atoms with Crippen molar-refractivity contribution < 1.29 is 0 Å². The molecule has 0 aromatic carbocycles. The van der Waals surface area contributed by atoms with Crippen molar-refractivity contribution in [3.05, 3.63) is 18.6 Å². The van der Waals surface area contributed by atoms with E-state index >= 15 is 0 Å². The van der Waals surface area contributed by atoms with E-state index in [1.807, 2.05) is 6.07 Å². The Morgan fingerprint density at radius 3 is 2.86 bits per heavy atom. The summed E-state index contributed by atoms with van der Waals surface area (Å²) in [7, 11) is 0. The minimum atomic E-state index is 0.846. The fourth-order valence-electron chi connectivity index (χ4n) is 2.04. The summed E-state index contributed by atoms with van der Waals surface area (Å²) in [4.78, 5) is 8.03. The Kier molecular flexibility index (Phi) is 3.33. The van der Waals surface area contributed by atoms with Gasteiger partial charge in [0, 0.05) is 12.7 Å². The van der Waals surface area contributed by atoms with Crippen LogP contribution in [0.25, 0.3) is 0 Å². The molecule has 1 aliphatic carbocycles. The molecule has 1 N–H and O–H groups in total. The maximum Gasteiger partial charge on any atom is 0.129 e. The number of aromatic nitrogens is 2. The van der Waals surface area contributed by atoms with E-state index in [9.17, 15) is 0 Å². The first kappa shape index (κ1) is 9.44. The maximum atomic E-state index is 4.14. The second kappa shape index (κ2) is 4.94. The molecule has 3 heteroatoms. The van der Waals surface area contributed by atoms with Crippen LogP contribution in [0.5, 0.6) is 0 Å². The Bertz CT molecular complexity index is 254. The fourth-order valence-corrected chi connectivity index (χ4v) is 2.04. The van der Waals surface area contributed by atoms with Crippen LogP contribution < -0.4 is 5.32 Å². The second-order valence-electron chi connectivity index (χ2n) is 3.98. The lowest BCUT2D eigenvalue weighted by Gasteiger charge is -2.21. The molecule has 1 aromatic heterocycles. The normalized spacial score (nSPS) is 18.0. The molecule has 0 amide bonds. The summed E-state index contributed by atoms with van der Waals surface area (Å²) in [5.74, 6) is 1.80. The molecule has 76 valence electrons. The van der Waals surface area contributed by atoms with Gasteiger partial charge in [-0.15, -0.1) is 0 Å². The predicted octanol–water partition coefficient (Wildman–Crippen LogP) is 2.47. The SMILES string of the molecule is c1cc(NCC2CCCCC2)ncn1. The first-order valence-electron chi connectivity index (χ1n) is 5.45. The molecule has 0 aliphatic heterocycles. The zero-order valence-electron chi connectivity index (χ0n) is 8.45. The van der Waals surface area contributed by atoms with Crippen molar-refractivity contribution in [3.63, 3.8) is 0 Å². The van der Waals surface area contributed by atoms with Gasteiger partial charge in [-0.2, -0.15) is 0 Å². The van der Waals surface area contributed by atoms with E-state index in [-0.39, 0.29) is 0 Å². The molecule has 3 nitrogen and oxygen atoms in total. The van der Waals surface area contributed by atoms with Crippen molar-refractivity contribution in [1.82, 2.24) is 9.97 Å². The zero-order valence-corrected chi connectivity index (χ0v) is 8.45. The van der Waals surface area contributed by atoms with Crippen LogP contribution in [0.3, 0.4) is 0 Å². The number of nitrogens with zero attached hydrogens (tertiary/aromatic N) is 2. The summed E-state index contributed by atoms with van der Waals surface area (Å²) < 4.78 is 0. The minimum absolute atomic E-state index is 0.846. The van der Waals surface area contributed by atoms with E-state index in [1.54, 1.807) is 12.5 Å². The Hall–Kier alpha value is -1.12. The van der Waals surface area contributed by atoms with Crippen LogP contribution >= 0.6 is 0 Å². The van der Waals surface area contributed by atoms with E-state index in [0.717, 1.165) is 18.3 Å². The summed E-state index contributed by atoms with van der Waals surface area (Å²) in [5, 5.41) is 3.36.